The third-order valence-electron chi connectivity index (χ3n) is 9.59. The van der Waals surface area contributed by atoms with Crippen LogP contribution in [0.5, 0.6) is 0 Å². The Bertz CT molecular complexity index is 2370. The second-order valence-corrected chi connectivity index (χ2v) is 14.8. The van der Waals surface area contributed by atoms with Gasteiger partial charge in [-0.2, -0.15) is 14.0 Å². The highest BCUT2D eigenvalue weighted by atomic mass is 32.1. The minimum Gasteiger partial charge on any atom is -0.477 e. The largest absolute Gasteiger partial charge is 0.477 e. The lowest BCUT2D eigenvalue weighted by Crippen LogP contribution is -2.09. The number of nitrogens with zero attached hydrogens (tertiary/aromatic N) is 4. The van der Waals surface area contributed by atoms with Gasteiger partial charge in [-0.15, -0.1) is 11.3 Å². The number of carbonyl (C=O) groups is 1. The molecule has 7 aromatic rings. The monoisotopic (exact) mass is 744 g/mol. The van der Waals surface area contributed by atoms with E-state index in [0.717, 1.165) is 57.6 Å². The number of para-hydroxylation sites is 2. The van der Waals surface area contributed by atoms with Gasteiger partial charge in [0.1, 0.15) is 22.7 Å². The van der Waals surface area contributed by atoms with E-state index >= 15 is 0 Å². The van der Waals surface area contributed by atoms with Crippen molar-refractivity contribution in [1.82, 2.24) is 8.75 Å². The number of aromatic nitrogens is 2. The van der Waals surface area contributed by atoms with E-state index in [1.807, 2.05) is 47.7 Å². The Morgan fingerprint density at radius 1 is 0.722 bits per heavy atom. The van der Waals surface area contributed by atoms with Crippen LogP contribution in [0.4, 0.5) is 17.1 Å². The number of hydrogen-bond donors (Lipinski definition) is 1. The van der Waals surface area contributed by atoms with E-state index in [9.17, 15) is 9.90 Å². The first-order valence-corrected chi connectivity index (χ1v) is 19.9. The average molecular weight is 745 g/mol. The van der Waals surface area contributed by atoms with Crippen molar-refractivity contribution in [2.45, 2.75) is 51.9 Å². The predicted octanol–water partition coefficient (Wildman–Crippen LogP) is 13.1. The van der Waals surface area contributed by atoms with Gasteiger partial charge in [0.05, 0.1) is 11.7 Å². The summed E-state index contributed by atoms with van der Waals surface area (Å²) in [4.78, 5) is 16.1. The van der Waals surface area contributed by atoms with E-state index in [-0.39, 0.29) is 5.57 Å². The van der Waals surface area contributed by atoms with Crippen molar-refractivity contribution >= 4 is 63.2 Å². The first kappa shape index (κ1) is 36.5. The van der Waals surface area contributed by atoms with E-state index in [0.29, 0.717) is 5.56 Å². The molecule has 2 heterocycles. The van der Waals surface area contributed by atoms with E-state index in [1.54, 1.807) is 6.07 Å². The molecule has 6 nitrogen and oxygen atoms in total. The molecular formula is C46H40N4O2S2. The van der Waals surface area contributed by atoms with Crippen LogP contribution >= 0.6 is 23.1 Å². The van der Waals surface area contributed by atoms with Gasteiger partial charge in [0.25, 0.3) is 0 Å². The highest BCUT2D eigenvalue weighted by Gasteiger charge is 2.19. The molecule has 0 unspecified atom stereocenters. The molecule has 0 aliphatic heterocycles. The molecule has 0 bridgehead atoms. The van der Waals surface area contributed by atoms with Gasteiger partial charge in [-0.1, -0.05) is 124 Å². The molecule has 8 heteroatoms. The summed E-state index contributed by atoms with van der Waals surface area (Å²) in [5.41, 5.74) is 10.9. The summed E-state index contributed by atoms with van der Waals surface area (Å²) >= 11 is 3.03. The molecule has 5 aromatic carbocycles. The molecule has 0 amide bonds. The van der Waals surface area contributed by atoms with Crippen LogP contribution in [0.3, 0.4) is 0 Å². The van der Waals surface area contributed by atoms with Gasteiger partial charge in [0.2, 0.25) is 0 Å². The molecule has 0 saturated carbocycles. The van der Waals surface area contributed by atoms with Crippen LogP contribution in [0.25, 0.3) is 49.1 Å². The molecular weight excluding hydrogens is 705 g/mol. The number of unbranched alkanes of at least 4 members (excludes halogenated alkanes) is 5. The Hall–Kier alpha value is -5.88. The van der Waals surface area contributed by atoms with Crippen molar-refractivity contribution in [1.29, 1.82) is 5.26 Å². The molecule has 0 aliphatic rings. The van der Waals surface area contributed by atoms with Crippen molar-refractivity contribution in [3.8, 4) is 38.1 Å². The predicted molar refractivity (Wildman–Crippen MR) is 225 cm³/mol. The number of benzene rings is 5. The minimum atomic E-state index is -1.24. The fourth-order valence-electron chi connectivity index (χ4n) is 6.82. The number of nitriles is 1. The van der Waals surface area contributed by atoms with Gasteiger partial charge in [-0.3, -0.25) is 0 Å². The smallest absolute Gasteiger partial charge is 0.346 e. The summed E-state index contributed by atoms with van der Waals surface area (Å²) in [5, 5.41) is 18.4. The van der Waals surface area contributed by atoms with Gasteiger partial charge in [-0.25, -0.2) is 4.79 Å². The number of hydrogen-bond acceptors (Lipinski definition) is 7. The van der Waals surface area contributed by atoms with Gasteiger partial charge >= 0.3 is 5.97 Å². The summed E-state index contributed by atoms with van der Waals surface area (Å²) in [5.74, 6) is -1.24. The summed E-state index contributed by atoms with van der Waals surface area (Å²) in [7, 11) is 0. The van der Waals surface area contributed by atoms with Crippen molar-refractivity contribution in [3.63, 3.8) is 0 Å². The van der Waals surface area contributed by atoms with E-state index < -0.39 is 5.97 Å². The van der Waals surface area contributed by atoms with Crippen LogP contribution in [0.15, 0.2) is 133 Å². The summed E-state index contributed by atoms with van der Waals surface area (Å²) in [6.45, 7) is 2.26. The lowest BCUT2D eigenvalue weighted by molar-refractivity contribution is -0.132. The van der Waals surface area contributed by atoms with Crippen LogP contribution in [-0.2, 0) is 11.2 Å². The SMILES string of the molecule is CCCCCCCCc1cc(-c2ccc(-c3ccc(/C=C(\C#N)C(=O)O)cc3)c3nsnc23)sc1-c1ccc(N(c2ccccc2)c2ccccc2)cc1. The number of thiophene rings is 1. The van der Waals surface area contributed by atoms with Crippen molar-refractivity contribution in [3.05, 3.63) is 144 Å². The number of carboxylic acid groups (broad SMARTS) is 1. The lowest BCUT2D eigenvalue weighted by Gasteiger charge is -2.25. The number of aliphatic carboxylic acids is 1. The molecule has 0 spiro atoms. The van der Waals surface area contributed by atoms with Crippen molar-refractivity contribution in [2.75, 3.05) is 4.90 Å². The van der Waals surface area contributed by atoms with Gasteiger partial charge in [0, 0.05) is 37.9 Å². The number of carboxylic acids is 1. The lowest BCUT2D eigenvalue weighted by atomic mass is 9.98. The second kappa shape index (κ2) is 17.3. The van der Waals surface area contributed by atoms with E-state index in [2.05, 4.69) is 103 Å². The van der Waals surface area contributed by atoms with E-state index in [1.165, 1.54) is 70.8 Å². The molecule has 0 aliphatic carbocycles. The third-order valence-corrected chi connectivity index (χ3v) is 11.4. The van der Waals surface area contributed by atoms with E-state index in [4.69, 9.17) is 14.0 Å². The molecule has 0 saturated heterocycles. The first-order valence-electron chi connectivity index (χ1n) is 18.4. The summed E-state index contributed by atoms with van der Waals surface area (Å²) < 4.78 is 9.53. The molecule has 54 heavy (non-hydrogen) atoms. The molecule has 0 atom stereocenters. The van der Waals surface area contributed by atoms with Gasteiger partial charge < -0.3 is 10.0 Å². The number of aryl methyl sites for hydroxylation is 1. The Labute approximate surface area is 324 Å². The van der Waals surface area contributed by atoms with Crippen molar-refractivity contribution in [2.24, 2.45) is 0 Å². The molecule has 2 aromatic heterocycles. The van der Waals surface area contributed by atoms with Crippen LogP contribution in [-0.4, -0.2) is 19.8 Å². The maximum absolute atomic E-state index is 11.3. The second-order valence-electron chi connectivity index (χ2n) is 13.3. The van der Waals surface area contributed by atoms with Crippen LogP contribution in [0, 0.1) is 11.3 Å². The maximum atomic E-state index is 11.3. The normalized spacial score (nSPS) is 11.4. The van der Waals surface area contributed by atoms with Crippen LogP contribution < -0.4 is 4.90 Å². The Morgan fingerprint density at radius 2 is 1.30 bits per heavy atom. The molecule has 268 valence electrons. The van der Waals surface area contributed by atoms with Gasteiger partial charge in [-0.05, 0) is 83.6 Å². The standard InChI is InChI=1S/C46H40N4O2S2/c1-2-3-4-5-6-9-14-35-30-42(41-28-27-40(43-44(41)49-54-48-43)33-21-19-32(20-22-33)29-36(31-47)46(51)52)53-45(35)34-23-25-39(26-24-34)50(37-15-10-7-11-16-37)38-17-12-8-13-18-38/h7-8,10-13,15-30H,2-6,9,14H2,1H3,(H,51,52)/b36-29+. The minimum absolute atomic E-state index is 0.304. The molecule has 7 rings (SSSR count). The third kappa shape index (κ3) is 8.18. The average Bonchev–Trinajstić information content (AvgIpc) is 3.88. The highest BCUT2D eigenvalue weighted by molar-refractivity contribution is 7.19. The van der Waals surface area contributed by atoms with Crippen LogP contribution in [0.1, 0.15) is 56.6 Å². The zero-order valence-electron chi connectivity index (χ0n) is 30.1. The molecule has 1 N–H and O–H groups in total. The fourth-order valence-corrected chi connectivity index (χ4v) is 8.63. The molecule has 0 radical (unpaired) electrons. The zero-order valence-corrected chi connectivity index (χ0v) is 31.7. The zero-order chi connectivity index (χ0) is 37.3. The topological polar surface area (TPSA) is 90.1 Å². The Balaban J connectivity index is 1.22. The fraction of sp³-hybridized carbons (Fsp3) is 0.174. The van der Waals surface area contributed by atoms with Gasteiger partial charge in [0.15, 0.2) is 0 Å². The number of anilines is 3. The van der Waals surface area contributed by atoms with Crippen molar-refractivity contribution < 1.29 is 9.90 Å². The Kier molecular flexibility index (Phi) is 11.7. The Morgan fingerprint density at radius 3 is 1.93 bits per heavy atom. The molecule has 0 fully saturated rings. The summed E-state index contributed by atoms with van der Waals surface area (Å²) in [6.07, 6.45) is 9.89. The quantitative estimate of drug-likeness (QED) is 0.0638. The number of fused-ring (bicyclic) bond motifs is 1. The first-order chi connectivity index (χ1) is 26.5. The number of rotatable bonds is 15. The van der Waals surface area contributed by atoms with Crippen LogP contribution in [0.2, 0.25) is 0 Å². The summed E-state index contributed by atoms with van der Waals surface area (Å²) in [6, 6.07) is 45.8. The highest BCUT2D eigenvalue weighted by Crippen LogP contribution is 2.44. The maximum Gasteiger partial charge on any atom is 0.346 e.